The van der Waals surface area contributed by atoms with Gasteiger partial charge in [0.1, 0.15) is 5.60 Å². The summed E-state index contributed by atoms with van der Waals surface area (Å²) >= 11 is 0. The van der Waals surface area contributed by atoms with Crippen LogP contribution in [0.3, 0.4) is 0 Å². The number of hydrogen-bond donors (Lipinski definition) is 0. The van der Waals surface area contributed by atoms with Gasteiger partial charge in [-0.2, -0.15) is 8.42 Å². The van der Waals surface area contributed by atoms with Crippen LogP contribution < -0.4 is 0 Å². The molecule has 0 amide bonds. The number of carbonyl (C=O) groups excluding carboxylic acids is 1. The Hall–Kier alpha value is -2.18. The van der Waals surface area contributed by atoms with Crippen LogP contribution in [0.4, 0.5) is 0 Å². The van der Waals surface area contributed by atoms with Crippen molar-refractivity contribution in [1.82, 2.24) is 0 Å². The third kappa shape index (κ3) is 6.77. The Balaban J connectivity index is 2.15. The summed E-state index contributed by atoms with van der Waals surface area (Å²) in [5.74, 6) is -0.669. The first-order valence-electron chi connectivity index (χ1n) is 9.34. The molecule has 0 fully saturated rings. The quantitative estimate of drug-likeness (QED) is 0.481. The Labute approximate surface area is 167 Å². The molecule has 0 saturated carbocycles. The van der Waals surface area contributed by atoms with Crippen LogP contribution in [0.2, 0.25) is 0 Å². The number of rotatable bonds is 8. The largest absolute Gasteiger partial charge is 0.458 e. The Morgan fingerprint density at radius 3 is 2.21 bits per heavy atom. The molecule has 0 heterocycles. The van der Waals surface area contributed by atoms with E-state index in [1.165, 1.54) is 6.07 Å². The first-order chi connectivity index (χ1) is 13.1. The maximum Gasteiger partial charge on any atom is 0.337 e. The van der Waals surface area contributed by atoms with Crippen LogP contribution in [0.5, 0.6) is 0 Å². The predicted octanol–water partition coefficient (Wildman–Crippen LogP) is 4.43. The normalized spacial score (nSPS) is 13.1. The van der Waals surface area contributed by atoms with E-state index in [0.717, 1.165) is 5.56 Å². The van der Waals surface area contributed by atoms with Gasteiger partial charge in [0.05, 0.1) is 4.90 Å². The summed E-state index contributed by atoms with van der Waals surface area (Å²) in [6, 6.07) is 16.3. The second-order valence-electron chi connectivity index (χ2n) is 7.72. The summed E-state index contributed by atoms with van der Waals surface area (Å²) in [5.41, 5.74) is 0.951. The lowest BCUT2D eigenvalue weighted by molar-refractivity contribution is -0.163. The molecule has 0 aliphatic heterocycles. The molecule has 0 aromatic heterocycles. The van der Waals surface area contributed by atoms with Crippen LogP contribution in [0.25, 0.3) is 0 Å². The van der Waals surface area contributed by atoms with Gasteiger partial charge in [0.2, 0.25) is 0 Å². The van der Waals surface area contributed by atoms with Crippen molar-refractivity contribution >= 4 is 16.1 Å². The highest BCUT2D eigenvalue weighted by atomic mass is 32.2. The van der Waals surface area contributed by atoms with Crippen molar-refractivity contribution in [2.24, 2.45) is 0 Å². The minimum Gasteiger partial charge on any atom is -0.458 e. The van der Waals surface area contributed by atoms with Gasteiger partial charge >= 0.3 is 5.97 Å². The molecular formula is C22H28O5S. The van der Waals surface area contributed by atoms with Gasteiger partial charge in [0, 0.05) is 0 Å². The topological polar surface area (TPSA) is 69.7 Å². The van der Waals surface area contributed by atoms with Gasteiger partial charge in [-0.25, -0.2) is 4.79 Å². The summed E-state index contributed by atoms with van der Waals surface area (Å²) in [6.45, 7) is 6.90. The molecule has 2 rings (SSSR count). The van der Waals surface area contributed by atoms with Crippen molar-refractivity contribution in [3.8, 4) is 0 Å². The fraction of sp³-hybridized carbons (Fsp3) is 0.409. The molecule has 1 atom stereocenters. The van der Waals surface area contributed by atoms with E-state index in [9.17, 15) is 13.2 Å². The molecule has 0 saturated heterocycles. The average Bonchev–Trinajstić information content (AvgIpc) is 2.60. The maximum atomic E-state index is 12.7. The number of esters is 1. The lowest BCUT2D eigenvalue weighted by Crippen LogP contribution is -2.35. The van der Waals surface area contributed by atoms with Gasteiger partial charge in [0.15, 0.2) is 6.10 Å². The Morgan fingerprint density at radius 2 is 1.61 bits per heavy atom. The van der Waals surface area contributed by atoms with Crippen molar-refractivity contribution in [2.45, 2.75) is 63.6 Å². The fourth-order valence-corrected chi connectivity index (χ4v) is 4.04. The van der Waals surface area contributed by atoms with Crippen molar-refractivity contribution in [3.63, 3.8) is 0 Å². The molecule has 6 heteroatoms. The lowest BCUT2D eigenvalue weighted by atomic mass is 10.1. The molecule has 0 bridgehead atoms. The highest BCUT2D eigenvalue weighted by molar-refractivity contribution is 7.86. The molecule has 2 aromatic rings. The molecular weight excluding hydrogens is 376 g/mol. The van der Waals surface area contributed by atoms with Gasteiger partial charge in [-0.1, -0.05) is 48.5 Å². The van der Waals surface area contributed by atoms with Gasteiger partial charge in [-0.05, 0) is 64.2 Å². The van der Waals surface area contributed by atoms with Crippen LogP contribution in [0.15, 0.2) is 59.5 Å². The second kappa shape index (κ2) is 9.34. The van der Waals surface area contributed by atoms with Crippen molar-refractivity contribution in [2.75, 3.05) is 0 Å². The monoisotopic (exact) mass is 404 g/mol. The summed E-state index contributed by atoms with van der Waals surface area (Å²) in [5, 5.41) is 0. The third-order valence-electron chi connectivity index (χ3n) is 4.05. The van der Waals surface area contributed by atoms with Gasteiger partial charge in [-0.3, -0.25) is 4.18 Å². The van der Waals surface area contributed by atoms with E-state index in [1.807, 2.05) is 30.3 Å². The summed E-state index contributed by atoms with van der Waals surface area (Å²) < 4.78 is 36.2. The van der Waals surface area contributed by atoms with Crippen LogP contribution in [-0.4, -0.2) is 26.1 Å². The van der Waals surface area contributed by atoms with Crippen LogP contribution in [0, 0.1) is 6.92 Å². The highest BCUT2D eigenvalue weighted by Crippen LogP contribution is 2.22. The Kier molecular flexibility index (Phi) is 7.38. The minimum absolute atomic E-state index is 0.0617. The van der Waals surface area contributed by atoms with E-state index in [0.29, 0.717) is 18.4 Å². The third-order valence-corrected chi connectivity index (χ3v) is 5.53. The lowest BCUT2D eigenvalue weighted by Gasteiger charge is -2.24. The smallest absolute Gasteiger partial charge is 0.337 e. The highest BCUT2D eigenvalue weighted by Gasteiger charge is 2.31. The maximum absolute atomic E-state index is 12.7. The van der Waals surface area contributed by atoms with Crippen LogP contribution >= 0.6 is 0 Å². The zero-order chi connectivity index (χ0) is 20.8. The fourth-order valence-electron chi connectivity index (χ4n) is 2.75. The number of carbonyl (C=O) groups is 1. The zero-order valence-electron chi connectivity index (χ0n) is 16.8. The second-order valence-corrected chi connectivity index (χ2v) is 9.26. The molecule has 0 N–H and O–H groups in total. The van der Waals surface area contributed by atoms with Gasteiger partial charge in [0.25, 0.3) is 10.1 Å². The Bertz CT molecular complexity index is 883. The van der Waals surface area contributed by atoms with E-state index in [2.05, 4.69) is 0 Å². The molecule has 0 unspecified atom stereocenters. The summed E-state index contributed by atoms with van der Waals surface area (Å²) in [6.07, 6.45) is 0.368. The molecule has 0 radical (unpaired) electrons. The first kappa shape index (κ1) is 22.1. The summed E-state index contributed by atoms with van der Waals surface area (Å²) in [7, 11) is -4.09. The summed E-state index contributed by atoms with van der Waals surface area (Å²) in [4.78, 5) is 12.6. The van der Waals surface area contributed by atoms with Gasteiger partial charge in [-0.15, -0.1) is 0 Å². The number of hydrogen-bond acceptors (Lipinski definition) is 5. The average molecular weight is 405 g/mol. The molecule has 0 aliphatic carbocycles. The van der Waals surface area contributed by atoms with E-state index in [-0.39, 0.29) is 11.3 Å². The van der Waals surface area contributed by atoms with Crippen molar-refractivity contribution < 1.29 is 22.1 Å². The van der Waals surface area contributed by atoms with Crippen LogP contribution in [0.1, 0.15) is 44.7 Å². The molecule has 5 nitrogen and oxygen atoms in total. The van der Waals surface area contributed by atoms with E-state index in [1.54, 1.807) is 45.9 Å². The van der Waals surface area contributed by atoms with Gasteiger partial charge < -0.3 is 4.74 Å². The standard InChI is InChI=1S/C22H28O5S/c1-17-11-8-9-16-20(17)28(24,25)27-19(21(23)26-22(2,3)4)15-10-14-18-12-6-5-7-13-18/h5-9,11-13,16,19H,10,14-15H2,1-4H3/t19-/m1/s1. The first-order valence-corrected chi connectivity index (χ1v) is 10.7. The number of benzene rings is 2. The SMILES string of the molecule is Cc1ccccc1S(=O)(=O)O[C@H](CCCc1ccccc1)C(=O)OC(C)(C)C. The molecule has 0 aliphatic rings. The minimum atomic E-state index is -4.09. The van der Waals surface area contributed by atoms with E-state index in [4.69, 9.17) is 8.92 Å². The molecule has 28 heavy (non-hydrogen) atoms. The molecule has 152 valence electrons. The number of ether oxygens (including phenoxy) is 1. The Morgan fingerprint density at radius 1 is 1.00 bits per heavy atom. The van der Waals surface area contributed by atoms with Crippen molar-refractivity contribution in [1.29, 1.82) is 0 Å². The van der Waals surface area contributed by atoms with E-state index < -0.39 is 27.8 Å². The molecule has 2 aromatic carbocycles. The predicted molar refractivity (Wildman–Crippen MR) is 108 cm³/mol. The van der Waals surface area contributed by atoms with Crippen molar-refractivity contribution in [3.05, 3.63) is 65.7 Å². The van der Waals surface area contributed by atoms with E-state index >= 15 is 0 Å². The van der Waals surface area contributed by atoms with Crippen LogP contribution in [-0.2, 0) is 30.3 Å². The number of aryl methyl sites for hydroxylation is 2. The zero-order valence-corrected chi connectivity index (χ0v) is 17.7. The molecule has 0 spiro atoms.